The molecule has 0 fully saturated rings. The SMILES string of the molecule is CN(C(=S)Nc1ccc(Cl)cc1)c1ccc(O)cc1. The van der Waals surface area contributed by atoms with Gasteiger partial charge in [0.25, 0.3) is 0 Å². The van der Waals surface area contributed by atoms with E-state index >= 15 is 0 Å². The molecule has 0 aliphatic carbocycles. The van der Waals surface area contributed by atoms with Crippen molar-refractivity contribution in [3.8, 4) is 5.75 Å². The van der Waals surface area contributed by atoms with Gasteiger partial charge in [-0.2, -0.15) is 0 Å². The van der Waals surface area contributed by atoms with E-state index in [4.69, 9.17) is 23.8 Å². The molecule has 19 heavy (non-hydrogen) atoms. The topological polar surface area (TPSA) is 35.5 Å². The minimum atomic E-state index is 0.230. The number of phenolic OH excluding ortho intramolecular Hbond substituents is 1. The molecule has 0 bridgehead atoms. The first-order valence-electron chi connectivity index (χ1n) is 5.65. The second kappa shape index (κ2) is 5.91. The Morgan fingerprint density at radius 3 is 2.26 bits per heavy atom. The van der Waals surface area contributed by atoms with Crippen LogP contribution in [0.4, 0.5) is 11.4 Å². The number of rotatable bonds is 2. The predicted octanol–water partition coefficient (Wildman–Crippen LogP) is 3.88. The number of anilines is 2. The Morgan fingerprint density at radius 2 is 1.68 bits per heavy atom. The summed E-state index contributed by atoms with van der Waals surface area (Å²) in [6.07, 6.45) is 0. The highest BCUT2D eigenvalue weighted by Gasteiger charge is 2.07. The minimum Gasteiger partial charge on any atom is -0.508 e. The summed E-state index contributed by atoms with van der Waals surface area (Å²) in [5, 5.41) is 13.6. The normalized spacial score (nSPS) is 10.0. The molecule has 0 radical (unpaired) electrons. The summed E-state index contributed by atoms with van der Waals surface area (Å²) in [6.45, 7) is 0. The van der Waals surface area contributed by atoms with Crippen LogP contribution in [0.3, 0.4) is 0 Å². The molecule has 2 rings (SSSR count). The van der Waals surface area contributed by atoms with Gasteiger partial charge in [0, 0.05) is 23.4 Å². The van der Waals surface area contributed by atoms with Crippen molar-refractivity contribution in [2.24, 2.45) is 0 Å². The van der Waals surface area contributed by atoms with Gasteiger partial charge in [-0.15, -0.1) is 0 Å². The van der Waals surface area contributed by atoms with Gasteiger partial charge in [0.15, 0.2) is 5.11 Å². The van der Waals surface area contributed by atoms with Gasteiger partial charge in [-0.1, -0.05) is 11.6 Å². The van der Waals surface area contributed by atoms with Crippen LogP contribution < -0.4 is 10.2 Å². The second-order valence-electron chi connectivity index (χ2n) is 4.01. The smallest absolute Gasteiger partial charge is 0.177 e. The third-order valence-corrected chi connectivity index (χ3v) is 3.27. The number of thiocarbonyl (C=S) groups is 1. The monoisotopic (exact) mass is 292 g/mol. The standard InChI is InChI=1S/C14H13ClN2OS/c1-17(12-6-8-13(18)9-7-12)14(19)16-11-4-2-10(15)3-5-11/h2-9,18H,1H3,(H,16,19). The molecule has 0 saturated carbocycles. The Balaban J connectivity index is 2.07. The van der Waals surface area contributed by atoms with Gasteiger partial charge < -0.3 is 15.3 Å². The summed E-state index contributed by atoms with van der Waals surface area (Å²) < 4.78 is 0. The molecule has 0 saturated heterocycles. The lowest BCUT2D eigenvalue weighted by atomic mass is 10.3. The molecule has 2 N–H and O–H groups in total. The molecule has 0 heterocycles. The summed E-state index contributed by atoms with van der Waals surface area (Å²) in [4.78, 5) is 1.82. The van der Waals surface area contributed by atoms with Crippen molar-refractivity contribution in [2.75, 3.05) is 17.3 Å². The van der Waals surface area contributed by atoms with Crippen LogP contribution in [-0.2, 0) is 0 Å². The number of phenols is 1. The average molecular weight is 293 g/mol. The maximum Gasteiger partial charge on any atom is 0.177 e. The number of nitrogens with zero attached hydrogens (tertiary/aromatic N) is 1. The van der Waals surface area contributed by atoms with E-state index in [1.54, 1.807) is 36.4 Å². The van der Waals surface area contributed by atoms with Crippen molar-refractivity contribution in [1.29, 1.82) is 0 Å². The maximum atomic E-state index is 9.26. The van der Waals surface area contributed by atoms with Crippen LogP contribution >= 0.6 is 23.8 Å². The largest absolute Gasteiger partial charge is 0.508 e. The molecule has 0 spiro atoms. The number of nitrogens with one attached hydrogen (secondary N) is 1. The third kappa shape index (κ3) is 3.59. The molecule has 0 aliphatic rings. The van der Waals surface area contributed by atoms with E-state index in [9.17, 15) is 5.11 Å². The fraction of sp³-hybridized carbons (Fsp3) is 0.0714. The van der Waals surface area contributed by atoms with E-state index in [2.05, 4.69) is 5.32 Å². The number of benzene rings is 2. The van der Waals surface area contributed by atoms with Gasteiger partial charge in [0.2, 0.25) is 0 Å². The van der Waals surface area contributed by atoms with Gasteiger partial charge in [-0.05, 0) is 60.7 Å². The first-order chi connectivity index (χ1) is 9.06. The van der Waals surface area contributed by atoms with Crippen molar-refractivity contribution < 1.29 is 5.11 Å². The van der Waals surface area contributed by atoms with Crippen molar-refractivity contribution in [1.82, 2.24) is 0 Å². The summed E-state index contributed by atoms with van der Waals surface area (Å²) in [5.74, 6) is 0.230. The zero-order chi connectivity index (χ0) is 13.8. The average Bonchev–Trinajstić information content (AvgIpc) is 2.41. The Morgan fingerprint density at radius 1 is 1.11 bits per heavy atom. The Labute approximate surface area is 122 Å². The van der Waals surface area contributed by atoms with E-state index in [1.807, 2.05) is 24.1 Å². The molecule has 2 aromatic carbocycles. The minimum absolute atomic E-state index is 0.230. The lowest BCUT2D eigenvalue weighted by molar-refractivity contribution is 0.475. The highest BCUT2D eigenvalue weighted by Crippen LogP contribution is 2.19. The lowest BCUT2D eigenvalue weighted by Gasteiger charge is -2.21. The summed E-state index contributed by atoms with van der Waals surface area (Å²) >= 11 is 11.2. The van der Waals surface area contributed by atoms with Crippen LogP contribution in [0.5, 0.6) is 5.75 Å². The van der Waals surface area contributed by atoms with Crippen molar-refractivity contribution in [2.45, 2.75) is 0 Å². The Bertz CT molecular complexity index is 569. The molecule has 0 amide bonds. The van der Waals surface area contributed by atoms with E-state index in [0.717, 1.165) is 11.4 Å². The molecule has 0 aromatic heterocycles. The van der Waals surface area contributed by atoms with Crippen LogP contribution in [0.1, 0.15) is 0 Å². The number of hydrogen-bond donors (Lipinski definition) is 2. The molecule has 0 aliphatic heterocycles. The van der Waals surface area contributed by atoms with E-state index < -0.39 is 0 Å². The van der Waals surface area contributed by atoms with Crippen molar-refractivity contribution in [3.63, 3.8) is 0 Å². The summed E-state index contributed by atoms with van der Waals surface area (Å²) in [7, 11) is 1.86. The quantitative estimate of drug-likeness (QED) is 0.824. The van der Waals surface area contributed by atoms with Gasteiger partial charge in [0.05, 0.1) is 0 Å². The molecule has 2 aromatic rings. The molecule has 98 valence electrons. The van der Waals surface area contributed by atoms with Crippen LogP contribution in [0.25, 0.3) is 0 Å². The molecular formula is C14H13ClN2OS. The van der Waals surface area contributed by atoms with Gasteiger partial charge >= 0.3 is 0 Å². The van der Waals surface area contributed by atoms with Gasteiger partial charge in [-0.3, -0.25) is 0 Å². The molecule has 0 atom stereocenters. The Kier molecular flexibility index (Phi) is 4.24. The number of halogens is 1. The first-order valence-corrected chi connectivity index (χ1v) is 6.44. The molecule has 3 nitrogen and oxygen atoms in total. The highest BCUT2D eigenvalue weighted by molar-refractivity contribution is 7.80. The highest BCUT2D eigenvalue weighted by atomic mass is 35.5. The van der Waals surface area contributed by atoms with Crippen LogP contribution in [0.2, 0.25) is 5.02 Å². The van der Waals surface area contributed by atoms with E-state index in [-0.39, 0.29) is 5.75 Å². The fourth-order valence-corrected chi connectivity index (χ4v) is 1.88. The van der Waals surface area contributed by atoms with Gasteiger partial charge in [0.1, 0.15) is 5.75 Å². The zero-order valence-electron chi connectivity index (χ0n) is 10.3. The molecular weight excluding hydrogens is 280 g/mol. The van der Waals surface area contributed by atoms with Crippen LogP contribution in [0, 0.1) is 0 Å². The number of aromatic hydroxyl groups is 1. The van der Waals surface area contributed by atoms with Crippen molar-refractivity contribution in [3.05, 3.63) is 53.6 Å². The predicted molar refractivity (Wildman–Crippen MR) is 84.2 cm³/mol. The van der Waals surface area contributed by atoms with E-state index in [0.29, 0.717) is 10.1 Å². The Hall–Kier alpha value is -1.78. The first kappa shape index (κ1) is 13.6. The second-order valence-corrected chi connectivity index (χ2v) is 4.84. The van der Waals surface area contributed by atoms with E-state index in [1.165, 1.54) is 0 Å². The van der Waals surface area contributed by atoms with Gasteiger partial charge in [-0.25, -0.2) is 0 Å². The summed E-state index contributed by atoms with van der Waals surface area (Å²) in [6, 6.07) is 14.2. The van der Waals surface area contributed by atoms with Crippen molar-refractivity contribution >= 4 is 40.3 Å². The third-order valence-electron chi connectivity index (χ3n) is 2.64. The molecule has 5 heteroatoms. The zero-order valence-corrected chi connectivity index (χ0v) is 11.9. The fourth-order valence-electron chi connectivity index (χ4n) is 1.53. The van der Waals surface area contributed by atoms with Crippen LogP contribution in [-0.4, -0.2) is 17.3 Å². The lowest BCUT2D eigenvalue weighted by Crippen LogP contribution is -2.30. The van der Waals surface area contributed by atoms with Crippen LogP contribution in [0.15, 0.2) is 48.5 Å². The molecule has 0 unspecified atom stereocenters. The maximum absolute atomic E-state index is 9.26. The number of hydrogen-bond acceptors (Lipinski definition) is 2. The summed E-state index contributed by atoms with van der Waals surface area (Å²) in [5.41, 5.74) is 1.77.